The highest BCUT2D eigenvalue weighted by Crippen LogP contribution is 2.31. The Kier molecular flexibility index (Phi) is 5.30. The molecular weight excluding hydrogens is 362 g/mol. The third-order valence-electron chi connectivity index (χ3n) is 5.72. The Bertz CT molecular complexity index is 974. The van der Waals surface area contributed by atoms with Gasteiger partial charge in [-0.1, -0.05) is 36.4 Å². The second-order valence-electron chi connectivity index (χ2n) is 7.60. The van der Waals surface area contributed by atoms with E-state index in [1.165, 1.54) is 21.9 Å². The normalized spacial score (nSPS) is 19.6. The summed E-state index contributed by atoms with van der Waals surface area (Å²) in [5.41, 5.74) is 5.93. The molecule has 6 heteroatoms. The van der Waals surface area contributed by atoms with Crippen molar-refractivity contribution in [2.24, 2.45) is 4.99 Å². The summed E-state index contributed by atoms with van der Waals surface area (Å²) in [6.45, 7) is 6.63. The van der Waals surface area contributed by atoms with Crippen LogP contribution in [0.4, 0.5) is 0 Å². The Labute approximate surface area is 171 Å². The average Bonchev–Trinajstić information content (AvgIpc) is 3.22. The first-order valence-corrected chi connectivity index (χ1v) is 10.4. The molecule has 0 unspecified atom stereocenters. The van der Waals surface area contributed by atoms with Gasteiger partial charge in [0.15, 0.2) is 5.82 Å². The van der Waals surface area contributed by atoms with Crippen molar-refractivity contribution in [3.05, 3.63) is 65.7 Å². The predicted octanol–water partition coefficient (Wildman–Crippen LogP) is 2.57. The molecule has 5 rings (SSSR count). The number of nitrogens with one attached hydrogen (secondary N) is 2. The van der Waals surface area contributed by atoms with Gasteiger partial charge in [-0.2, -0.15) is 0 Å². The van der Waals surface area contributed by atoms with Crippen molar-refractivity contribution in [2.45, 2.75) is 6.42 Å². The van der Waals surface area contributed by atoms with Crippen molar-refractivity contribution >= 4 is 22.6 Å². The number of hydrogen-bond donors (Lipinski definition) is 2. The maximum Gasteiger partial charge on any atom is 0.153 e. The SMILES string of the molecule is C1=NC2=C(c3ccc4ccccc4c3)CNN2C(NCCCN2CCOCC2)=C1. The first kappa shape index (κ1) is 18.4. The highest BCUT2D eigenvalue weighted by atomic mass is 16.5. The highest BCUT2D eigenvalue weighted by molar-refractivity contribution is 5.88. The molecule has 0 spiro atoms. The van der Waals surface area contributed by atoms with Crippen LogP contribution in [0.1, 0.15) is 12.0 Å². The van der Waals surface area contributed by atoms with E-state index in [0.29, 0.717) is 0 Å². The number of hydrazine groups is 1. The summed E-state index contributed by atoms with van der Waals surface area (Å²) in [5, 5.41) is 8.18. The first-order valence-electron chi connectivity index (χ1n) is 10.4. The van der Waals surface area contributed by atoms with Crippen molar-refractivity contribution in [1.82, 2.24) is 20.7 Å². The van der Waals surface area contributed by atoms with E-state index in [9.17, 15) is 0 Å². The number of ether oxygens (including phenoxy) is 1. The molecule has 3 heterocycles. The molecule has 1 saturated heterocycles. The Morgan fingerprint density at radius 3 is 2.83 bits per heavy atom. The summed E-state index contributed by atoms with van der Waals surface area (Å²) in [6, 6.07) is 15.1. The summed E-state index contributed by atoms with van der Waals surface area (Å²) in [7, 11) is 0. The number of hydrogen-bond acceptors (Lipinski definition) is 6. The Morgan fingerprint density at radius 2 is 1.93 bits per heavy atom. The minimum atomic E-state index is 0.776. The number of aliphatic imine (C=N–C) groups is 1. The van der Waals surface area contributed by atoms with E-state index >= 15 is 0 Å². The number of nitrogens with zero attached hydrogens (tertiary/aromatic N) is 3. The summed E-state index contributed by atoms with van der Waals surface area (Å²) < 4.78 is 5.42. The van der Waals surface area contributed by atoms with Gasteiger partial charge in [-0.3, -0.25) is 4.90 Å². The van der Waals surface area contributed by atoms with Crippen molar-refractivity contribution in [2.75, 3.05) is 45.9 Å². The van der Waals surface area contributed by atoms with Gasteiger partial charge in [0, 0.05) is 38.0 Å². The fourth-order valence-corrected chi connectivity index (χ4v) is 4.13. The van der Waals surface area contributed by atoms with Crippen molar-refractivity contribution in [3.63, 3.8) is 0 Å². The molecule has 3 aliphatic heterocycles. The smallest absolute Gasteiger partial charge is 0.153 e. The van der Waals surface area contributed by atoms with E-state index in [4.69, 9.17) is 4.74 Å². The first-order chi connectivity index (χ1) is 14.4. The zero-order valence-electron chi connectivity index (χ0n) is 16.6. The molecule has 150 valence electrons. The van der Waals surface area contributed by atoms with Crippen LogP contribution in [-0.4, -0.2) is 62.1 Å². The topological polar surface area (TPSA) is 52.1 Å². The second-order valence-corrected chi connectivity index (χ2v) is 7.60. The largest absolute Gasteiger partial charge is 0.379 e. The van der Waals surface area contributed by atoms with Crippen LogP contribution in [0.5, 0.6) is 0 Å². The Hall–Kier alpha value is -2.67. The molecule has 29 heavy (non-hydrogen) atoms. The van der Waals surface area contributed by atoms with Crippen LogP contribution in [-0.2, 0) is 4.74 Å². The number of benzene rings is 2. The molecule has 2 aromatic rings. The van der Waals surface area contributed by atoms with E-state index in [1.54, 1.807) is 0 Å². The monoisotopic (exact) mass is 389 g/mol. The molecule has 0 saturated carbocycles. The van der Waals surface area contributed by atoms with Crippen LogP contribution in [0, 0.1) is 0 Å². The highest BCUT2D eigenvalue weighted by Gasteiger charge is 2.27. The van der Waals surface area contributed by atoms with Gasteiger partial charge in [-0.25, -0.2) is 15.4 Å². The van der Waals surface area contributed by atoms with E-state index < -0.39 is 0 Å². The van der Waals surface area contributed by atoms with Crippen molar-refractivity contribution < 1.29 is 4.74 Å². The molecular formula is C23H27N5O. The molecule has 0 radical (unpaired) electrons. The lowest BCUT2D eigenvalue weighted by Gasteiger charge is -2.28. The zero-order valence-corrected chi connectivity index (χ0v) is 16.6. The van der Waals surface area contributed by atoms with Gasteiger partial charge in [-0.15, -0.1) is 0 Å². The summed E-state index contributed by atoms with van der Waals surface area (Å²) in [6.07, 6.45) is 5.04. The molecule has 0 aliphatic carbocycles. The molecule has 0 amide bonds. The minimum Gasteiger partial charge on any atom is -0.379 e. The average molecular weight is 390 g/mol. The summed E-state index contributed by atoms with van der Waals surface area (Å²) >= 11 is 0. The van der Waals surface area contributed by atoms with Gasteiger partial charge in [-0.05, 0) is 41.4 Å². The fourth-order valence-electron chi connectivity index (χ4n) is 4.13. The Morgan fingerprint density at radius 1 is 1.07 bits per heavy atom. The fraction of sp³-hybridized carbons (Fsp3) is 0.348. The summed E-state index contributed by atoms with van der Waals surface area (Å²) in [5.74, 6) is 2.05. The maximum atomic E-state index is 5.42. The lowest BCUT2D eigenvalue weighted by atomic mass is 10.0. The van der Waals surface area contributed by atoms with Crippen LogP contribution in [0.2, 0.25) is 0 Å². The Balaban J connectivity index is 1.25. The van der Waals surface area contributed by atoms with Gasteiger partial charge < -0.3 is 10.1 Å². The number of allylic oxidation sites excluding steroid dienone is 1. The van der Waals surface area contributed by atoms with Gasteiger partial charge in [0.25, 0.3) is 0 Å². The molecule has 1 fully saturated rings. The quantitative estimate of drug-likeness (QED) is 0.744. The second kappa shape index (κ2) is 8.37. The standard InChI is InChI=1S/C23H27N5O/c1-2-5-19-16-20(7-6-18(19)4-1)21-17-26-28-22(8-10-25-23(21)28)24-9-3-11-27-12-14-29-15-13-27/h1-2,4-8,10,16,24,26H,3,9,11-15,17H2. The van der Waals surface area contributed by atoms with Crippen LogP contribution >= 0.6 is 0 Å². The van der Waals surface area contributed by atoms with E-state index in [0.717, 1.165) is 64.0 Å². The minimum absolute atomic E-state index is 0.776. The number of morpholine rings is 1. The van der Waals surface area contributed by atoms with E-state index in [2.05, 4.69) is 68.1 Å². The van der Waals surface area contributed by atoms with Crippen LogP contribution < -0.4 is 10.7 Å². The lowest BCUT2D eigenvalue weighted by Crippen LogP contribution is -2.40. The molecule has 0 atom stereocenters. The van der Waals surface area contributed by atoms with E-state index in [1.807, 2.05) is 12.3 Å². The molecule has 6 nitrogen and oxygen atoms in total. The molecule has 0 bridgehead atoms. The molecule has 0 aromatic heterocycles. The van der Waals surface area contributed by atoms with Crippen LogP contribution in [0.3, 0.4) is 0 Å². The van der Waals surface area contributed by atoms with Crippen molar-refractivity contribution in [1.29, 1.82) is 0 Å². The predicted molar refractivity (Wildman–Crippen MR) is 117 cm³/mol. The van der Waals surface area contributed by atoms with Crippen LogP contribution in [0.25, 0.3) is 16.3 Å². The zero-order chi connectivity index (χ0) is 19.5. The molecule has 3 aliphatic rings. The van der Waals surface area contributed by atoms with Gasteiger partial charge in [0.2, 0.25) is 0 Å². The maximum absolute atomic E-state index is 5.42. The lowest BCUT2D eigenvalue weighted by molar-refractivity contribution is 0.0374. The molecule has 2 N–H and O–H groups in total. The van der Waals surface area contributed by atoms with Gasteiger partial charge >= 0.3 is 0 Å². The molecule has 2 aromatic carbocycles. The van der Waals surface area contributed by atoms with Crippen molar-refractivity contribution in [3.8, 4) is 0 Å². The van der Waals surface area contributed by atoms with Crippen LogP contribution in [0.15, 0.2) is 65.2 Å². The third-order valence-corrected chi connectivity index (χ3v) is 5.72. The number of rotatable bonds is 6. The number of fused-ring (bicyclic) bond motifs is 2. The van der Waals surface area contributed by atoms with E-state index in [-0.39, 0.29) is 0 Å². The summed E-state index contributed by atoms with van der Waals surface area (Å²) in [4.78, 5) is 7.13. The van der Waals surface area contributed by atoms with Gasteiger partial charge in [0.05, 0.1) is 13.2 Å². The third kappa shape index (κ3) is 3.92. The van der Waals surface area contributed by atoms with Gasteiger partial charge in [0.1, 0.15) is 5.82 Å².